The van der Waals surface area contributed by atoms with E-state index in [0.29, 0.717) is 24.2 Å². The zero-order valence-corrected chi connectivity index (χ0v) is 24.6. The van der Waals surface area contributed by atoms with Crippen LogP contribution in [0.3, 0.4) is 0 Å². The van der Waals surface area contributed by atoms with Gasteiger partial charge in [-0.3, -0.25) is 9.59 Å². The summed E-state index contributed by atoms with van der Waals surface area (Å²) in [6.07, 6.45) is -0.0896. The van der Waals surface area contributed by atoms with E-state index >= 15 is 0 Å². The van der Waals surface area contributed by atoms with Crippen LogP contribution in [0.25, 0.3) is 0 Å². The molecule has 2 aliphatic rings. The van der Waals surface area contributed by atoms with E-state index in [-0.39, 0.29) is 31.2 Å². The zero-order valence-electron chi connectivity index (χ0n) is 22.4. The van der Waals surface area contributed by atoms with Crippen molar-refractivity contribution in [1.82, 2.24) is 10.2 Å². The molecule has 11 heteroatoms. The number of nitrogens with one attached hydrogen (secondary N) is 1. The number of hydrogen-bond donors (Lipinski definition) is 3. The third-order valence-electron chi connectivity index (χ3n) is 7.58. The molecule has 0 spiro atoms. The number of halogens is 4. The Hall–Kier alpha value is -2.64. The van der Waals surface area contributed by atoms with Crippen molar-refractivity contribution in [2.75, 3.05) is 13.2 Å². The number of hydrogen-bond acceptors (Lipinski definition) is 5. The average molecular weight is 687 g/mol. The van der Waals surface area contributed by atoms with Gasteiger partial charge in [-0.15, -0.1) is 0 Å². The van der Waals surface area contributed by atoms with Crippen LogP contribution in [0.2, 0.25) is 0 Å². The van der Waals surface area contributed by atoms with E-state index < -0.39 is 41.8 Å². The van der Waals surface area contributed by atoms with E-state index in [4.69, 9.17) is 4.74 Å². The van der Waals surface area contributed by atoms with Gasteiger partial charge in [0.15, 0.2) is 0 Å². The molecule has 222 valence electrons. The Balaban J connectivity index is 1.73. The predicted molar refractivity (Wildman–Crippen MR) is 155 cm³/mol. The minimum Gasteiger partial charge on any atom is -0.482 e. The summed E-state index contributed by atoms with van der Waals surface area (Å²) in [4.78, 5) is 28.7. The quantitative estimate of drug-likeness (QED) is 0.266. The van der Waals surface area contributed by atoms with Gasteiger partial charge in [0.1, 0.15) is 18.0 Å². The molecule has 0 saturated heterocycles. The van der Waals surface area contributed by atoms with Crippen LogP contribution in [0.5, 0.6) is 5.75 Å². The van der Waals surface area contributed by atoms with Crippen molar-refractivity contribution in [2.24, 2.45) is 0 Å². The lowest BCUT2D eigenvalue weighted by Gasteiger charge is -2.44. The highest BCUT2D eigenvalue weighted by Crippen LogP contribution is 2.35. The molecule has 0 bridgehead atoms. The summed E-state index contributed by atoms with van der Waals surface area (Å²) in [6.45, 7) is -0.226. The molecule has 2 aromatic carbocycles. The molecule has 1 fully saturated rings. The molecule has 0 unspecified atom stereocenters. The van der Waals surface area contributed by atoms with Crippen molar-refractivity contribution in [1.29, 1.82) is 0 Å². The molecule has 2 aliphatic carbocycles. The SMILES string of the molecule is O=C(NCCO)C1=C[C@H](Oc2ccccc2I)[C@@H](O)[C@H](N(C(=O)c2ccc(C(F)(F)F)cc2)C2CCCCCC2)C1. The number of aliphatic hydroxyl groups is 2. The summed E-state index contributed by atoms with van der Waals surface area (Å²) < 4.78 is 46.6. The van der Waals surface area contributed by atoms with Gasteiger partial charge in [-0.2, -0.15) is 13.2 Å². The number of carbonyl (C=O) groups excluding carboxylic acids is 2. The first-order valence-electron chi connectivity index (χ1n) is 13.8. The number of ether oxygens (including phenoxy) is 1. The Bertz CT molecular complexity index is 1230. The smallest absolute Gasteiger partial charge is 0.416 e. The zero-order chi connectivity index (χ0) is 29.6. The molecular formula is C30H34F3IN2O5. The number of para-hydroxylation sites is 1. The normalized spacial score (nSPS) is 21.9. The number of alkyl halides is 3. The van der Waals surface area contributed by atoms with Crippen molar-refractivity contribution in [3.05, 3.63) is 74.9 Å². The highest BCUT2D eigenvalue weighted by molar-refractivity contribution is 14.1. The fraction of sp³-hybridized carbons (Fsp3) is 0.467. The molecule has 41 heavy (non-hydrogen) atoms. The Labute approximate surface area is 250 Å². The molecule has 0 aliphatic heterocycles. The van der Waals surface area contributed by atoms with Crippen LogP contribution in [0.1, 0.15) is 60.9 Å². The Morgan fingerprint density at radius 2 is 1.68 bits per heavy atom. The van der Waals surface area contributed by atoms with Gasteiger partial charge in [-0.05, 0) is 77.9 Å². The van der Waals surface area contributed by atoms with Crippen molar-refractivity contribution < 1.29 is 37.7 Å². The maximum Gasteiger partial charge on any atom is 0.416 e. The number of carbonyl (C=O) groups is 2. The topological polar surface area (TPSA) is 99.1 Å². The Morgan fingerprint density at radius 1 is 1.02 bits per heavy atom. The molecule has 1 saturated carbocycles. The third kappa shape index (κ3) is 7.81. The molecule has 0 aromatic heterocycles. The van der Waals surface area contributed by atoms with Crippen LogP contribution in [0.4, 0.5) is 13.2 Å². The Morgan fingerprint density at radius 3 is 2.29 bits per heavy atom. The molecular weight excluding hydrogens is 652 g/mol. The van der Waals surface area contributed by atoms with E-state index in [2.05, 4.69) is 27.9 Å². The van der Waals surface area contributed by atoms with Gasteiger partial charge in [-0.1, -0.05) is 37.8 Å². The fourth-order valence-electron chi connectivity index (χ4n) is 5.51. The van der Waals surface area contributed by atoms with E-state index in [0.717, 1.165) is 53.5 Å². The van der Waals surface area contributed by atoms with E-state index in [9.17, 15) is 33.0 Å². The second kappa shape index (κ2) is 14.0. The van der Waals surface area contributed by atoms with Gasteiger partial charge in [-0.25, -0.2) is 0 Å². The van der Waals surface area contributed by atoms with Crippen LogP contribution < -0.4 is 10.1 Å². The lowest BCUT2D eigenvalue weighted by atomic mass is 9.86. The van der Waals surface area contributed by atoms with Gasteiger partial charge in [0, 0.05) is 30.1 Å². The average Bonchev–Trinajstić information content (AvgIpc) is 3.24. The van der Waals surface area contributed by atoms with Gasteiger partial charge < -0.3 is 25.2 Å². The third-order valence-corrected chi connectivity index (χ3v) is 8.47. The lowest BCUT2D eigenvalue weighted by molar-refractivity contribution is -0.137. The molecule has 0 radical (unpaired) electrons. The lowest BCUT2D eigenvalue weighted by Crippen LogP contribution is -2.58. The molecule has 0 heterocycles. The van der Waals surface area contributed by atoms with Crippen molar-refractivity contribution >= 4 is 34.4 Å². The first kappa shape index (κ1) is 31.3. The maximum atomic E-state index is 14.1. The van der Waals surface area contributed by atoms with Crippen LogP contribution in [0, 0.1) is 3.57 Å². The summed E-state index contributed by atoms with van der Waals surface area (Å²) in [5.74, 6) is -0.450. The summed E-state index contributed by atoms with van der Waals surface area (Å²) >= 11 is 2.11. The van der Waals surface area contributed by atoms with Crippen LogP contribution >= 0.6 is 22.6 Å². The summed E-state index contributed by atoms with van der Waals surface area (Å²) in [7, 11) is 0. The fourth-order valence-corrected chi connectivity index (χ4v) is 6.02. The highest BCUT2D eigenvalue weighted by Gasteiger charge is 2.43. The maximum absolute atomic E-state index is 14.1. The van der Waals surface area contributed by atoms with Gasteiger partial charge in [0.05, 0.1) is 21.8 Å². The molecule has 2 aromatic rings. The first-order valence-corrected chi connectivity index (χ1v) is 14.9. The summed E-state index contributed by atoms with van der Waals surface area (Å²) in [6, 6.07) is 10.2. The number of amides is 2. The first-order chi connectivity index (χ1) is 19.6. The van der Waals surface area contributed by atoms with Crippen LogP contribution in [0.15, 0.2) is 60.2 Å². The minimum absolute atomic E-state index is 0.0209. The molecule has 3 N–H and O–H groups in total. The molecule has 4 rings (SSSR count). The molecule has 2 amide bonds. The standard InChI is InChI=1S/C30H34F3IN2O5/c31-30(32,33)21-13-11-19(12-14-21)29(40)36(22-7-3-1-2-4-8-22)24-17-20(28(39)35-15-16-37)18-26(27(24)38)41-25-10-6-5-9-23(25)34/h5-6,9-14,18,22,24,26-27,37-38H,1-4,7-8,15-17H2,(H,35,39)/t24-,26+,27+/m1/s1. The van der Waals surface area contributed by atoms with E-state index in [1.807, 2.05) is 12.1 Å². The highest BCUT2D eigenvalue weighted by atomic mass is 127. The van der Waals surface area contributed by atoms with Gasteiger partial charge in [0.25, 0.3) is 5.91 Å². The van der Waals surface area contributed by atoms with Gasteiger partial charge >= 0.3 is 6.18 Å². The number of aliphatic hydroxyl groups excluding tert-OH is 2. The molecule has 7 nitrogen and oxygen atoms in total. The monoisotopic (exact) mass is 686 g/mol. The van der Waals surface area contributed by atoms with Gasteiger partial charge in [0.2, 0.25) is 5.91 Å². The second-order valence-electron chi connectivity index (χ2n) is 10.4. The number of rotatable bonds is 8. The summed E-state index contributed by atoms with van der Waals surface area (Å²) in [5.41, 5.74) is -0.488. The minimum atomic E-state index is -4.54. The number of benzene rings is 2. The van der Waals surface area contributed by atoms with Crippen LogP contribution in [-0.4, -0.2) is 64.4 Å². The second-order valence-corrected chi connectivity index (χ2v) is 11.5. The van der Waals surface area contributed by atoms with Crippen molar-refractivity contribution in [3.63, 3.8) is 0 Å². The van der Waals surface area contributed by atoms with Crippen molar-refractivity contribution in [3.8, 4) is 5.75 Å². The van der Waals surface area contributed by atoms with E-state index in [1.54, 1.807) is 23.1 Å². The largest absolute Gasteiger partial charge is 0.482 e. The van der Waals surface area contributed by atoms with Crippen molar-refractivity contribution in [2.45, 2.75) is 75.4 Å². The predicted octanol–water partition coefficient (Wildman–Crippen LogP) is 5.09. The number of nitrogens with zero attached hydrogens (tertiary/aromatic N) is 1. The Kier molecular flexibility index (Phi) is 10.7. The molecule has 3 atom stereocenters. The summed E-state index contributed by atoms with van der Waals surface area (Å²) in [5, 5.41) is 23.5. The van der Waals surface area contributed by atoms with Crippen LogP contribution in [-0.2, 0) is 11.0 Å². The van der Waals surface area contributed by atoms with E-state index in [1.165, 1.54) is 0 Å².